The minimum absolute atomic E-state index is 0.244. The van der Waals surface area contributed by atoms with Crippen LogP contribution in [0, 0.1) is 0 Å². The molecule has 0 atom stereocenters. The summed E-state index contributed by atoms with van der Waals surface area (Å²) in [4.78, 5) is 18.0. The van der Waals surface area contributed by atoms with E-state index in [0.717, 1.165) is 51.2 Å². The van der Waals surface area contributed by atoms with E-state index in [0.29, 0.717) is 10.2 Å². The van der Waals surface area contributed by atoms with Crippen molar-refractivity contribution < 1.29 is 4.42 Å². The largest absolute Gasteiger partial charge is 0.464 e. The number of aryl methyl sites for hydroxylation is 1. The van der Waals surface area contributed by atoms with E-state index in [1.54, 1.807) is 6.26 Å². The van der Waals surface area contributed by atoms with Gasteiger partial charge >= 0.3 is 0 Å². The van der Waals surface area contributed by atoms with Crippen LogP contribution in [0.2, 0.25) is 0 Å². The van der Waals surface area contributed by atoms with Crippen LogP contribution in [0.4, 0.5) is 0 Å². The first-order valence-corrected chi connectivity index (χ1v) is 9.45. The molecule has 4 heterocycles. The molecule has 0 saturated carbocycles. The van der Waals surface area contributed by atoms with Crippen molar-refractivity contribution >= 4 is 31.8 Å². The smallest absolute Gasteiger partial charge is 0.285 e. The van der Waals surface area contributed by atoms with Gasteiger partial charge in [0.25, 0.3) is 5.56 Å². The molecule has 6 rings (SSSR count). The number of aromatic nitrogens is 4. The number of thiophene rings is 1. The number of hydrogen-bond donors (Lipinski definition) is 1. The van der Waals surface area contributed by atoms with Crippen molar-refractivity contribution in [2.45, 2.75) is 12.8 Å². The molecule has 130 valence electrons. The van der Waals surface area contributed by atoms with Crippen molar-refractivity contribution in [3.8, 4) is 22.6 Å². The first-order chi connectivity index (χ1) is 13.3. The molecular formula is C20H12N4O2S. The minimum atomic E-state index is -0.244. The van der Waals surface area contributed by atoms with Crippen molar-refractivity contribution in [3.05, 3.63) is 64.1 Å². The Morgan fingerprint density at radius 3 is 2.93 bits per heavy atom. The standard InChI is InChI=1S/C20H12N4O2S/c25-19-18-17(22-24-23-19)15-14(13-6-3-9-26-13)12-8-7-10-4-1-2-5-11(10)16(12)21-20(15)27-18/h1-6,9H,7-8H2,(H,22,23,25). The second kappa shape index (κ2) is 5.34. The second-order valence-electron chi connectivity index (χ2n) is 6.55. The summed E-state index contributed by atoms with van der Waals surface area (Å²) in [5.74, 6) is 0.764. The van der Waals surface area contributed by atoms with E-state index in [1.807, 2.05) is 18.2 Å². The van der Waals surface area contributed by atoms with Crippen molar-refractivity contribution in [3.63, 3.8) is 0 Å². The maximum atomic E-state index is 12.3. The monoisotopic (exact) mass is 372 g/mol. The first kappa shape index (κ1) is 14.8. The van der Waals surface area contributed by atoms with Crippen LogP contribution in [0.25, 0.3) is 43.0 Å². The highest BCUT2D eigenvalue weighted by Crippen LogP contribution is 2.45. The predicted octanol–water partition coefficient (Wildman–Crippen LogP) is 3.95. The van der Waals surface area contributed by atoms with Gasteiger partial charge in [-0.1, -0.05) is 29.5 Å². The SMILES string of the molecule is O=c1[nH]nnc2c1sc1nc3c(c(-c4ccco4)c12)CCc1ccccc1-3. The third kappa shape index (κ3) is 2.00. The number of nitrogens with zero attached hydrogens (tertiary/aromatic N) is 3. The predicted molar refractivity (Wildman–Crippen MR) is 104 cm³/mol. The van der Waals surface area contributed by atoms with E-state index in [1.165, 1.54) is 16.9 Å². The number of hydrogen-bond acceptors (Lipinski definition) is 6. The number of fused-ring (bicyclic) bond motifs is 6. The zero-order valence-electron chi connectivity index (χ0n) is 14.0. The van der Waals surface area contributed by atoms with Crippen LogP contribution >= 0.6 is 11.3 Å². The summed E-state index contributed by atoms with van der Waals surface area (Å²) in [5, 5.41) is 11.2. The Bertz CT molecular complexity index is 1400. The van der Waals surface area contributed by atoms with E-state index in [-0.39, 0.29) is 5.56 Å². The van der Waals surface area contributed by atoms with Gasteiger partial charge < -0.3 is 4.42 Å². The molecule has 1 aliphatic rings. The molecule has 0 fully saturated rings. The Labute approximate surface area is 156 Å². The molecular weight excluding hydrogens is 360 g/mol. The van der Waals surface area contributed by atoms with Crippen molar-refractivity contribution in [2.75, 3.05) is 0 Å². The second-order valence-corrected chi connectivity index (χ2v) is 7.55. The third-order valence-electron chi connectivity index (χ3n) is 5.11. The van der Waals surface area contributed by atoms with Crippen LogP contribution in [0.1, 0.15) is 11.1 Å². The number of H-pyrrole nitrogens is 1. The van der Waals surface area contributed by atoms with Gasteiger partial charge in [-0.05, 0) is 36.1 Å². The molecule has 0 saturated heterocycles. The van der Waals surface area contributed by atoms with Gasteiger partial charge in [0.05, 0.1) is 17.3 Å². The Morgan fingerprint density at radius 1 is 1.11 bits per heavy atom. The summed E-state index contributed by atoms with van der Waals surface area (Å²) < 4.78 is 6.31. The highest BCUT2D eigenvalue weighted by molar-refractivity contribution is 7.25. The maximum Gasteiger partial charge on any atom is 0.285 e. The Balaban J connectivity index is 1.85. The molecule has 0 amide bonds. The van der Waals surface area contributed by atoms with Crippen molar-refractivity contribution in [1.29, 1.82) is 0 Å². The van der Waals surface area contributed by atoms with Crippen molar-refractivity contribution in [2.24, 2.45) is 0 Å². The van der Waals surface area contributed by atoms with Crippen LogP contribution in [0.5, 0.6) is 0 Å². The first-order valence-electron chi connectivity index (χ1n) is 8.64. The topological polar surface area (TPSA) is 84.7 Å². The van der Waals surface area contributed by atoms with Crippen molar-refractivity contribution in [1.82, 2.24) is 20.4 Å². The number of pyridine rings is 1. The normalized spacial score (nSPS) is 13.0. The molecule has 1 aliphatic carbocycles. The molecule has 1 aromatic carbocycles. The number of benzene rings is 1. The number of furan rings is 1. The number of nitrogens with one attached hydrogen (secondary N) is 1. The van der Waals surface area contributed by atoms with Gasteiger partial charge in [0, 0.05) is 11.1 Å². The quantitative estimate of drug-likeness (QED) is 0.481. The molecule has 0 aliphatic heterocycles. The van der Waals surface area contributed by atoms with Gasteiger partial charge in [0.1, 0.15) is 20.8 Å². The third-order valence-corrected chi connectivity index (χ3v) is 6.18. The lowest BCUT2D eigenvalue weighted by Gasteiger charge is -2.21. The van der Waals surface area contributed by atoms with Crippen LogP contribution in [0.3, 0.4) is 0 Å². The summed E-state index contributed by atoms with van der Waals surface area (Å²) in [6.07, 6.45) is 3.47. The van der Waals surface area contributed by atoms with Gasteiger partial charge in [-0.25, -0.2) is 10.1 Å². The molecule has 4 aromatic heterocycles. The van der Waals surface area contributed by atoms with Gasteiger partial charge in [-0.2, -0.15) is 0 Å². The molecule has 27 heavy (non-hydrogen) atoms. The molecule has 0 spiro atoms. The van der Waals surface area contributed by atoms with E-state index in [9.17, 15) is 4.79 Å². The summed E-state index contributed by atoms with van der Waals surface area (Å²) in [7, 11) is 0. The fraction of sp³-hybridized carbons (Fsp3) is 0.100. The summed E-state index contributed by atoms with van der Waals surface area (Å²) >= 11 is 1.35. The Kier molecular flexibility index (Phi) is 2.93. The van der Waals surface area contributed by atoms with E-state index < -0.39 is 0 Å². The molecule has 5 aromatic rings. The molecule has 7 heteroatoms. The lowest BCUT2D eigenvalue weighted by atomic mass is 9.85. The van der Waals surface area contributed by atoms with Crippen LogP contribution < -0.4 is 5.56 Å². The lowest BCUT2D eigenvalue weighted by Crippen LogP contribution is -2.08. The zero-order valence-corrected chi connectivity index (χ0v) is 14.8. The summed E-state index contributed by atoms with van der Waals surface area (Å²) in [6.45, 7) is 0. The summed E-state index contributed by atoms with van der Waals surface area (Å²) in [5.41, 5.74) is 5.85. The molecule has 0 bridgehead atoms. The van der Waals surface area contributed by atoms with E-state index in [4.69, 9.17) is 9.40 Å². The Hall–Kier alpha value is -3.32. The molecule has 0 unspecified atom stereocenters. The number of aromatic amines is 1. The average Bonchev–Trinajstić information content (AvgIpc) is 3.35. The molecule has 6 nitrogen and oxygen atoms in total. The fourth-order valence-corrected chi connectivity index (χ4v) is 4.97. The van der Waals surface area contributed by atoms with E-state index >= 15 is 0 Å². The van der Waals surface area contributed by atoms with E-state index in [2.05, 4.69) is 33.6 Å². The summed E-state index contributed by atoms with van der Waals surface area (Å²) in [6, 6.07) is 12.2. The van der Waals surface area contributed by atoms with Crippen LogP contribution in [-0.2, 0) is 12.8 Å². The average molecular weight is 372 g/mol. The highest BCUT2D eigenvalue weighted by Gasteiger charge is 2.27. The van der Waals surface area contributed by atoms with Gasteiger partial charge in [0.2, 0.25) is 0 Å². The van der Waals surface area contributed by atoms with Gasteiger partial charge in [-0.15, -0.1) is 16.4 Å². The maximum absolute atomic E-state index is 12.3. The highest BCUT2D eigenvalue weighted by atomic mass is 32.1. The molecule has 0 radical (unpaired) electrons. The molecule has 1 N–H and O–H groups in total. The van der Waals surface area contributed by atoms with Crippen LogP contribution in [0.15, 0.2) is 51.9 Å². The minimum Gasteiger partial charge on any atom is -0.464 e. The Morgan fingerprint density at radius 2 is 2.04 bits per heavy atom. The van der Waals surface area contributed by atoms with Crippen LogP contribution in [-0.4, -0.2) is 20.4 Å². The van der Waals surface area contributed by atoms with Gasteiger partial charge in [0.15, 0.2) is 0 Å². The number of rotatable bonds is 1. The lowest BCUT2D eigenvalue weighted by molar-refractivity contribution is 0.582. The van der Waals surface area contributed by atoms with Gasteiger partial charge in [-0.3, -0.25) is 4.79 Å². The fourth-order valence-electron chi connectivity index (χ4n) is 3.96. The zero-order chi connectivity index (χ0) is 18.0.